The molecule has 3 N–H and O–H groups in total. The average molecular weight is 439 g/mol. The van der Waals surface area contributed by atoms with Crippen molar-refractivity contribution in [2.45, 2.75) is 83.9 Å². The van der Waals surface area contributed by atoms with Crippen LogP contribution >= 0.6 is 0 Å². The SMILES string of the molecule is CC/C=C1/C(c2cnn(C(CC)CC)c2)=NC(C(C=NC2CCC(O)CC2)=CN)=CN1C. The molecule has 3 rings (SSSR count). The minimum absolute atomic E-state index is 0.183. The molecule has 0 unspecified atom stereocenters. The normalized spacial score (nSPS) is 23.9. The third kappa shape index (κ3) is 5.57. The summed E-state index contributed by atoms with van der Waals surface area (Å²) < 4.78 is 2.05. The smallest absolute Gasteiger partial charge is 0.0974 e. The van der Waals surface area contributed by atoms with Gasteiger partial charge in [-0.1, -0.05) is 26.8 Å². The first kappa shape index (κ1) is 24.0. The molecule has 0 bridgehead atoms. The standard InChI is InChI=1S/C25H38N6O/c1-5-8-24-25(19-15-28-31(16-19)21(6-2)7-3)29-23(17-30(24)4)18(13-26)14-27-20-9-11-22(32)12-10-20/h8,13-17,20-22,32H,5-7,9-12,26H2,1-4H3/b18-13?,24-8-,27-14?. The second kappa shape index (κ2) is 11.3. The van der Waals surface area contributed by atoms with E-state index in [4.69, 9.17) is 15.7 Å². The molecule has 174 valence electrons. The Labute approximate surface area is 192 Å². The highest BCUT2D eigenvalue weighted by Crippen LogP contribution is 2.26. The van der Waals surface area contributed by atoms with Crippen LogP contribution in [0.3, 0.4) is 0 Å². The number of aliphatic imine (C=N–C) groups is 2. The molecule has 1 saturated carbocycles. The Kier molecular flexibility index (Phi) is 8.45. The second-order valence-corrected chi connectivity index (χ2v) is 8.63. The molecule has 7 heteroatoms. The molecule has 32 heavy (non-hydrogen) atoms. The summed E-state index contributed by atoms with van der Waals surface area (Å²) in [5.74, 6) is 0. The van der Waals surface area contributed by atoms with Crippen LogP contribution in [0.15, 0.2) is 57.8 Å². The first-order valence-corrected chi connectivity index (χ1v) is 11.9. The van der Waals surface area contributed by atoms with Gasteiger partial charge in [0.1, 0.15) is 0 Å². The van der Waals surface area contributed by atoms with E-state index in [1.165, 1.54) is 0 Å². The maximum absolute atomic E-state index is 9.73. The zero-order valence-corrected chi connectivity index (χ0v) is 19.9. The van der Waals surface area contributed by atoms with Crippen LogP contribution in [0.1, 0.15) is 77.3 Å². The van der Waals surface area contributed by atoms with Crippen LogP contribution in [0.2, 0.25) is 0 Å². The van der Waals surface area contributed by atoms with Crippen LogP contribution in [-0.4, -0.2) is 50.9 Å². The van der Waals surface area contributed by atoms with Crippen molar-refractivity contribution < 1.29 is 5.11 Å². The number of hydrogen-bond donors (Lipinski definition) is 2. The van der Waals surface area contributed by atoms with E-state index in [0.717, 1.165) is 73.2 Å². The molecule has 0 radical (unpaired) electrons. The van der Waals surface area contributed by atoms with Crippen molar-refractivity contribution in [1.82, 2.24) is 14.7 Å². The average Bonchev–Trinajstić information content (AvgIpc) is 3.27. The highest BCUT2D eigenvalue weighted by atomic mass is 16.3. The number of nitrogens with two attached hydrogens (primary N) is 1. The summed E-state index contributed by atoms with van der Waals surface area (Å²) in [6.45, 7) is 6.51. The van der Waals surface area contributed by atoms with Crippen molar-refractivity contribution in [3.63, 3.8) is 0 Å². The highest BCUT2D eigenvalue weighted by molar-refractivity contribution is 6.13. The summed E-state index contributed by atoms with van der Waals surface area (Å²) in [6, 6.07) is 0.618. The maximum atomic E-state index is 9.73. The summed E-state index contributed by atoms with van der Waals surface area (Å²) in [5, 5.41) is 14.4. The van der Waals surface area contributed by atoms with E-state index in [9.17, 15) is 5.11 Å². The van der Waals surface area contributed by atoms with E-state index in [0.29, 0.717) is 6.04 Å². The quantitative estimate of drug-likeness (QED) is 0.591. The predicted octanol–water partition coefficient (Wildman–Crippen LogP) is 4.33. The van der Waals surface area contributed by atoms with Gasteiger partial charge < -0.3 is 15.7 Å². The largest absolute Gasteiger partial charge is 0.404 e. The van der Waals surface area contributed by atoms with Crippen molar-refractivity contribution in [2.24, 2.45) is 15.7 Å². The van der Waals surface area contributed by atoms with Crippen molar-refractivity contribution >= 4 is 11.9 Å². The van der Waals surface area contributed by atoms with Gasteiger partial charge >= 0.3 is 0 Å². The van der Waals surface area contributed by atoms with E-state index in [1.54, 1.807) is 6.20 Å². The van der Waals surface area contributed by atoms with Crippen LogP contribution in [0.4, 0.5) is 0 Å². The van der Waals surface area contributed by atoms with Crippen LogP contribution in [0.25, 0.3) is 0 Å². The lowest BCUT2D eigenvalue weighted by molar-refractivity contribution is 0.123. The molecule has 0 aromatic carbocycles. The van der Waals surface area contributed by atoms with Crippen molar-refractivity contribution in [1.29, 1.82) is 0 Å². The molecule has 1 aromatic heterocycles. The van der Waals surface area contributed by atoms with Gasteiger partial charge in [0.05, 0.1) is 41.5 Å². The molecular formula is C25H38N6O. The Balaban J connectivity index is 1.90. The number of hydrogen-bond acceptors (Lipinski definition) is 6. The number of aliphatic hydroxyl groups excluding tert-OH is 1. The first-order valence-electron chi connectivity index (χ1n) is 11.9. The van der Waals surface area contributed by atoms with Gasteiger partial charge in [-0.3, -0.25) is 9.67 Å². The third-order valence-corrected chi connectivity index (χ3v) is 6.33. The summed E-state index contributed by atoms with van der Waals surface area (Å²) in [4.78, 5) is 11.9. The van der Waals surface area contributed by atoms with Crippen molar-refractivity contribution in [2.75, 3.05) is 7.05 Å². The van der Waals surface area contributed by atoms with Crippen molar-refractivity contribution in [3.05, 3.63) is 53.4 Å². The van der Waals surface area contributed by atoms with E-state index in [-0.39, 0.29) is 12.1 Å². The number of aromatic nitrogens is 2. The van der Waals surface area contributed by atoms with Crippen LogP contribution in [0.5, 0.6) is 0 Å². The Hall–Kier alpha value is -2.67. The Morgan fingerprint density at radius 1 is 1.25 bits per heavy atom. The molecule has 0 spiro atoms. The van der Waals surface area contributed by atoms with Crippen molar-refractivity contribution in [3.8, 4) is 0 Å². The van der Waals surface area contributed by atoms with E-state index < -0.39 is 0 Å². The van der Waals surface area contributed by atoms with Gasteiger partial charge in [0.15, 0.2) is 0 Å². The topological polar surface area (TPSA) is 92.0 Å². The third-order valence-electron chi connectivity index (χ3n) is 6.33. The first-order chi connectivity index (χ1) is 15.5. The molecular weight excluding hydrogens is 400 g/mol. The van der Waals surface area contributed by atoms with Gasteiger partial charge in [0.25, 0.3) is 0 Å². The maximum Gasteiger partial charge on any atom is 0.0974 e. The minimum atomic E-state index is -0.183. The number of rotatable bonds is 8. The molecule has 1 aromatic rings. The number of aliphatic hydroxyl groups is 1. The van der Waals surface area contributed by atoms with Gasteiger partial charge in [0.2, 0.25) is 0 Å². The molecule has 1 fully saturated rings. The lowest BCUT2D eigenvalue weighted by Crippen LogP contribution is -2.24. The van der Waals surface area contributed by atoms with Gasteiger partial charge in [-0.25, -0.2) is 4.99 Å². The number of likely N-dealkylation sites (N-methyl/N-ethyl adjacent to an activating group) is 1. The molecule has 1 aliphatic heterocycles. The fraction of sp³-hybridized carbons (Fsp3) is 0.560. The zero-order chi connectivity index (χ0) is 23.1. The monoisotopic (exact) mass is 438 g/mol. The molecule has 7 nitrogen and oxygen atoms in total. The molecule has 1 aliphatic carbocycles. The van der Waals surface area contributed by atoms with E-state index in [1.807, 2.05) is 25.7 Å². The van der Waals surface area contributed by atoms with Crippen LogP contribution in [0, 0.1) is 0 Å². The Morgan fingerprint density at radius 2 is 1.97 bits per heavy atom. The fourth-order valence-corrected chi connectivity index (χ4v) is 4.32. The van der Waals surface area contributed by atoms with Crippen LogP contribution in [-0.2, 0) is 0 Å². The summed E-state index contributed by atoms with van der Waals surface area (Å²) in [7, 11) is 2.04. The van der Waals surface area contributed by atoms with Gasteiger partial charge in [-0.15, -0.1) is 0 Å². The Bertz CT molecular complexity index is 911. The number of allylic oxidation sites excluding steroid dienone is 3. The van der Waals surface area contributed by atoms with E-state index >= 15 is 0 Å². The van der Waals surface area contributed by atoms with Gasteiger partial charge in [0, 0.05) is 43.0 Å². The second-order valence-electron chi connectivity index (χ2n) is 8.63. The predicted molar refractivity (Wildman–Crippen MR) is 132 cm³/mol. The Morgan fingerprint density at radius 3 is 2.59 bits per heavy atom. The highest BCUT2D eigenvalue weighted by Gasteiger charge is 2.23. The molecule has 0 saturated heterocycles. The van der Waals surface area contributed by atoms with Crippen LogP contribution < -0.4 is 5.73 Å². The zero-order valence-electron chi connectivity index (χ0n) is 19.9. The molecule has 0 atom stereocenters. The summed E-state index contributed by atoms with van der Waals surface area (Å²) >= 11 is 0. The lowest BCUT2D eigenvalue weighted by atomic mass is 9.93. The van der Waals surface area contributed by atoms with Gasteiger partial charge in [-0.2, -0.15) is 5.10 Å². The number of nitrogens with zero attached hydrogens (tertiary/aromatic N) is 5. The summed E-state index contributed by atoms with van der Waals surface area (Å²) in [6.07, 6.45) is 17.9. The molecule has 2 heterocycles. The lowest BCUT2D eigenvalue weighted by Gasteiger charge is -2.26. The van der Waals surface area contributed by atoms with E-state index in [2.05, 4.69) is 47.7 Å². The molecule has 0 amide bonds. The summed E-state index contributed by atoms with van der Waals surface area (Å²) in [5.41, 5.74) is 10.5. The minimum Gasteiger partial charge on any atom is -0.404 e. The fourth-order valence-electron chi connectivity index (χ4n) is 4.32. The molecule has 2 aliphatic rings. The van der Waals surface area contributed by atoms with Gasteiger partial charge in [-0.05, 0) is 44.9 Å².